The molecule has 0 aliphatic rings. The van der Waals surface area contributed by atoms with E-state index in [1.807, 2.05) is 6.92 Å². The maximum absolute atomic E-state index is 5.74. The van der Waals surface area contributed by atoms with Crippen LogP contribution in [0.1, 0.15) is 18.2 Å². The Kier molecular flexibility index (Phi) is 3.06. The highest BCUT2D eigenvalue weighted by Gasteiger charge is 2.05. The molecule has 0 bridgehead atoms. The van der Waals surface area contributed by atoms with Crippen molar-refractivity contribution in [3.8, 4) is 11.3 Å². The van der Waals surface area contributed by atoms with E-state index in [-0.39, 0.29) is 6.04 Å². The fraction of sp³-hybridized carbons (Fsp3) is 0.308. The third kappa shape index (κ3) is 2.49. The van der Waals surface area contributed by atoms with Gasteiger partial charge in [-0.15, -0.1) is 0 Å². The molecule has 3 nitrogen and oxygen atoms in total. The van der Waals surface area contributed by atoms with Gasteiger partial charge < -0.3 is 5.73 Å². The number of nitrogens with one attached hydrogen (secondary N) is 1. The normalized spacial score (nSPS) is 12.7. The summed E-state index contributed by atoms with van der Waals surface area (Å²) < 4.78 is 0. The van der Waals surface area contributed by atoms with Crippen molar-refractivity contribution in [3.05, 3.63) is 41.6 Å². The summed E-state index contributed by atoms with van der Waals surface area (Å²) in [5, 5.41) is 7.31. The molecule has 1 unspecified atom stereocenters. The van der Waals surface area contributed by atoms with Crippen molar-refractivity contribution in [1.29, 1.82) is 0 Å². The van der Waals surface area contributed by atoms with Gasteiger partial charge in [0.2, 0.25) is 0 Å². The number of rotatable bonds is 3. The second kappa shape index (κ2) is 4.49. The van der Waals surface area contributed by atoms with Gasteiger partial charge in [0, 0.05) is 23.7 Å². The average Bonchev–Trinajstić information content (AvgIpc) is 2.66. The minimum atomic E-state index is 0.159. The number of benzene rings is 1. The van der Waals surface area contributed by atoms with E-state index in [0.717, 1.165) is 23.4 Å². The molecule has 2 aromatic rings. The van der Waals surface area contributed by atoms with E-state index in [0.29, 0.717) is 0 Å². The van der Waals surface area contributed by atoms with Crippen LogP contribution in [0.2, 0.25) is 0 Å². The number of aromatic nitrogens is 2. The smallest absolute Gasteiger partial charge is 0.0923 e. The summed E-state index contributed by atoms with van der Waals surface area (Å²) in [6.45, 7) is 4.07. The molecule has 16 heavy (non-hydrogen) atoms. The van der Waals surface area contributed by atoms with Gasteiger partial charge in [-0.2, -0.15) is 5.10 Å². The Morgan fingerprint density at radius 3 is 2.62 bits per heavy atom. The summed E-state index contributed by atoms with van der Waals surface area (Å²) in [5.41, 5.74) is 10.2. The van der Waals surface area contributed by atoms with E-state index in [9.17, 15) is 0 Å². The number of hydrogen-bond acceptors (Lipinski definition) is 2. The molecule has 3 N–H and O–H groups in total. The maximum atomic E-state index is 5.74. The molecule has 2 rings (SSSR count). The van der Waals surface area contributed by atoms with Gasteiger partial charge in [0.25, 0.3) is 0 Å². The molecule has 0 aliphatic heterocycles. The van der Waals surface area contributed by atoms with Gasteiger partial charge in [0.1, 0.15) is 0 Å². The molecule has 0 fully saturated rings. The van der Waals surface area contributed by atoms with Gasteiger partial charge in [-0.1, -0.05) is 29.8 Å². The number of aryl methyl sites for hydroxylation is 1. The molecular weight excluding hydrogens is 198 g/mol. The Bertz CT molecular complexity index is 454. The molecule has 1 heterocycles. The Morgan fingerprint density at radius 2 is 2.00 bits per heavy atom. The van der Waals surface area contributed by atoms with Crippen molar-refractivity contribution >= 4 is 0 Å². The standard InChI is InChI=1S/C13H17N3/c1-9-3-5-11(6-4-9)13-8-12(15-16-13)7-10(2)14/h3-6,8,10H,7,14H2,1-2H3,(H,15,16). The summed E-state index contributed by atoms with van der Waals surface area (Å²) >= 11 is 0. The highest BCUT2D eigenvalue weighted by atomic mass is 15.1. The average molecular weight is 215 g/mol. The lowest BCUT2D eigenvalue weighted by Gasteiger charge is -1.99. The van der Waals surface area contributed by atoms with E-state index in [2.05, 4.69) is 47.5 Å². The van der Waals surface area contributed by atoms with Crippen LogP contribution in [0.4, 0.5) is 0 Å². The first-order chi connectivity index (χ1) is 7.65. The van der Waals surface area contributed by atoms with Crippen molar-refractivity contribution in [3.63, 3.8) is 0 Å². The summed E-state index contributed by atoms with van der Waals surface area (Å²) in [6, 6.07) is 10.6. The zero-order valence-electron chi connectivity index (χ0n) is 9.70. The molecule has 3 heteroatoms. The zero-order valence-corrected chi connectivity index (χ0v) is 9.70. The van der Waals surface area contributed by atoms with E-state index >= 15 is 0 Å². The Labute approximate surface area is 95.7 Å². The van der Waals surface area contributed by atoms with Crippen LogP contribution in [-0.2, 0) is 6.42 Å². The van der Waals surface area contributed by atoms with E-state index in [1.54, 1.807) is 0 Å². The summed E-state index contributed by atoms with van der Waals surface area (Å²) in [4.78, 5) is 0. The Morgan fingerprint density at radius 1 is 1.31 bits per heavy atom. The Balaban J connectivity index is 2.21. The molecule has 0 saturated heterocycles. The lowest BCUT2D eigenvalue weighted by Crippen LogP contribution is -2.17. The monoisotopic (exact) mass is 215 g/mol. The van der Waals surface area contributed by atoms with Gasteiger partial charge in [-0.05, 0) is 19.9 Å². The number of aromatic amines is 1. The van der Waals surface area contributed by atoms with Crippen molar-refractivity contribution < 1.29 is 0 Å². The molecule has 1 aromatic carbocycles. The number of nitrogens with zero attached hydrogens (tertiary/aromatic N) is 1. The fourth-order valence-electron chi connectivity index (χ4n) is 1.69. The van der Waals surface area contributed by atoms with Gasteiger partial charge >= 0.3 is 0 Å². The third-order valence-corrected chi connectivity index (χ3v) is 2.52. The van der Waals surface area contributed by atoms with Crippen LogP contribution in [0.15, 0.2) is 30.3 Å². The second-order valence-electron chi connectivity index (χ2n) is 4.33. The van der Waals surface area contributed by atoms with Crippen LogP contribution in [-0.4, -0.2) is 16.2 Å². The molecule has 0 aliphatic carbocycles. The summed E-state index contributed by atoms with van der Waals surface area (Å²) in [5.74, 6) is 0. The highest BCUT2D eigenvalue weighted by Crippen LogP contribution is 2.18. The Hall–Kier alpha value is -1.61. The van der Waals surface area contributed by atoms with Crippen molar-refractivity contribution in [2.24, 2.45) is 5.73 Å². The predicted molar refractivity (Wildman–Crippen MR) is 66.1 cm³/mol. The molecule has 1 aromatic heterocycles. The summed E-state index contributed by atoms with van der Waals surface area (Å²) in [7, 11) is 0. The van der Waals surface area contributed by atoms with Gasteiger partial charge in [0.15, 0.2) is 0 Å². The maximum Gasteiger partial charge on any atom is 0.0923 e. The zero-order chi connectivity index (χ0) is 11.5. The van der Waals surface area contributed by atoms with E-state index in [4.69, 9.17) is 5.73 Å². The van der Waals surface area contributed by atoms with Gasteiger partial charge in [-0.25, -0.2) is 0 Å². The fourth-order valence-corrected chi connectivity index (χ4v) is 1.69. The van der Waals surface area contributed by atoms with Crippen LogP contribution < -0.4 is 5.73 Å². The van der Waals surface area contributed by atoms with Crippen LogP contribution in [0.5, 0.6) is 0 Å². The van der Waals surface area contributed by atoms with Crippen molar-refractivity contribution in [2.45, 2.75) is 26.3 Å². The SMILES string of the molecule is Cc1ccc(-c2cc(CC(C)N)[nH]n2)cc1. The molecule has 0 spiro atoms. The molecule has 0 saturated carbocycles. The molecular formula is C13H17N3. The lowest BCUT2D eigenvalue weighted by atomic mass is 10.1. The minimum Gasteiger partial charge on any atom is -0.328 e. The first kappa shape index (κ1) is 10.9. The number of nitrogens with two attached hydrogens (primary N) is 1. The lowest BCUT2D eigenvalue weighted by molar-refractivity contribution is 0.719. The summed E-state index contributed by atoms with van der Waals surface area (Å²) in [6.07, 6.45) is 0.832. The van der Waals surface area contributed by atoms with Crippen molar-refractivity contribution in [1.82, 2.24) is 10.2 Å². The first-order valence-corrected chi connectivity index (χ1v) is 5.52. The quantitative estimate of drug-likeness (QED) is 0.825. The second-order valence-corrected chi connectivity index (χ2v) is 4.33. The highest BCUT2D eigenvalue weighted by molar-refractivity contribution is 5.59. The van der Waals surface area contributed by atoms with Crippen LogP contribution in [0.3, 0.4) is 0 Å². The minimum absolute atomic E-state index is 0.159. The number of hydrogen-bond donors (Lipinski definition) is 2. The molecule has 0 amide bonds. The van der Waals surface area contributed by atoms with Gasteiger partial charge in [-0.3, -0.25) is 5.10 Å². The van der Waals surface area contributed by atoms with E-state index in [1.165, 1.54) is 5.56 Å². The molecule has 84 valence electrons. The van der Waals surface area contributed by atoms with Crippen molar-refractivity contribution in [2.75, 3.05) is 0 Å². The third-order valence-electron chi connectivity index (χ3n) is 2.52. The largest absolute Gasteiger partial charge is 0.328 e. The molecule has 0 radical (unpaired) electrons. The predicted octanol–water partition coefficient (Wildman–Crippen LogP) is 2.27. The topological polar surface area (TPSA) is 54.7 Å². The van der Waals surface area contributed by atoms with Crippen LogP contribution >= 0.6 is 0 Å². The van der Waals surface area contributed by atoms with E-state index < -0.39 is 0 Å². The van der Waals surface area contributed by atoms with Gasteiger partial charge in [0.05, 0.1) is 5.69 Å². The number of H-pyrrole nitrogens is 1. The first-order valence-electron chi connectivity index (χ1n) is 5.52. The van der Waals surface area contributed by atoms with Crippen LogP contribution in [0.25, 0.3) is 11.3 Å². The molecule has 1 atom stereocenters. The van der Waals surface area contributed by atoms with Crippen LogP contribution in [0, 0.1) is 6.92 Å².